The van der Waals surface area contributed by atoms with Gasteiger partial charge in [0, 0.05) is 33.6 Å². The van der Waals surface area contributed by atoms with E-state index in [1.165, 1.54) is 0 Å². The summed E-state index contributed by atoms with van der Waals surface area (Å²) in [5.74, 6) is 0.748. The van der Waals surface area contributed by atoms with Crippen LogP contribution in [-0.4, -0.2) is 20.5 Å². The number of benzene rings is 2. The van der Waals surface area contributed by atoms with E-state index in [1.54, 1.807) is 12.4 Å². The van der Waals surface area contributed by atoms with Crippen LogP contribution in [-0.2, 0) is 0 Å². The summed E-state index contributed by atoms with van der Waals surface area (Å²) in [5.41, 5.74) is 5.31. The van der Waals surface area contributed by atoms with Crippen LogP contribution in [0, 0.1) is 5.41 Å². The Morgan fingerprint density at radius 2 is 1.87 bits per heavy atom. The molecule has 4 rings (SSSR count). The van der Waals surface area contributed by atoms with Crippen molar-refractivity contribution in [3.63, 3.8) is 0 Å². The van der Waals surface area contributed by atoms with Gasteiger partial charge in [0.05, 0.1) is 17.6 Å². The third kappa shape index (κ3) is 4.28. The van der Waals surface area contributed by atoms with E-state index >= 15 is 0 Å². The molecule has 0 saturated carbocycles. The van der Waals surface area contributed by atoms with E-state index < -0.39 is 0 Å². The van der Waals surface area contributed by atoms with Gasteiger partial charge in [-0.2, -0.15) is 5.10 Å². The Bertz CT molecular complexity index is 1150. The predicted molar refractivity (Wildman–Crippen MR) is 126 cm³/mol. The first-order valence-corrected chi connectivity index (χ1v) is 10.3. The number of aromatic nitrogens is 3. The third-order valence-corrected chi connectivity index (χ3v) is 5.10. The summed E-state index contributed by atoms with van der Waals surface area (Å²) in [6.45, 7) is 2.09. The lowest BCUT2D eigenvalue weighted by atomic mass is 10.0. The lowest BCUT2D eigenvalue weighted by molar-refractivity contribution is 0.886. The molecule has 0 fully saturated rings. The molecule has 2 heterocycles. The minimum Gasteiger partial charge on any atom is -0.340 e. The topological polar surface area (TPSA) is 66.6 Å². The van der Waals surface area contributed by atoms with Gasteiger partial charge in [-0.1, -0.05) is 31.5 Å². The first-order valence-electron chi connectivity index (χ1n) is 9.89. The number of pyridine rings is 1. The molecule has 0 bridgehead atoms. The van der Waals surface area contributed by atoms with Crippen LogP contribution in [0.5, 0.6) is 0 Å². The van der Waals surface area contributed by atoms with Crippen molar-refractivity contribution in [2.45, 2.75) is 24.7 Å². The van der Waals surface area contributed by atoms with Crippen molar-refractivity contribution in [2.75, 3.05) is 5.32 Å². The molecule has 0 amide bonds. The van der Waals surface area contributed by atoms with Crippen LogP contribution in [0.15, 0.2) is 84.0 Å². The van der Waals surface area contributed by atoms with Gasteiger partial charge in [-0.05, 0) is 55.0 Å². The lowest BCUT2D eigenvalue weighted by Gasteiger charge is -2.15. The normalized spacial score (nSPS) is 10.7. The van der Waals surface area contributed by atoms with Crippen LogP contribution in [0.1, 0.15) is 25.3 Å². The Kier molecular flexibility index (Phi) is 5.95. The van der Waals surface area contributed by atoms with E-state index in [0.717, 1.165) is 51.8 Å². The van der Waals surface area contributed by atoms with Crippen LogP contribution in [0.4, 0.5) is 11.5 Å². The van der Waals surface area contributed by atoms with Gasteiger partial charge in [0.25, 0.3) is 0 Å². The number of hydrogen-bond donors (Lipinski definition) is 3. The minimum absolute atomic E-state index is 0.611. The van der Waals surface area contributed by atoms with Crippen LogP contribution in [0.3, 0.4) is 0 Å². The third-order valence-electron chi connectivity index (χ3n) is 4.81. The Hall–Kier alpha value is -3.38. The van der Waals surface area contributed by atoms with Gasteiger partial charge in [-0.25, -0.2) is 9.67 Å². The number of nitrogens with one attached hydrogen (secondary N) is 2. The van der Waals surface area contributed by atoms with E-state index in [-0.39, 0.29) is 0 Å². The molecule has 4 aromatic rings. The van der Waals surface area contributed by atoms with Crippen molar-refractivity contribution in [1.29, 1.82) is 5.41 Å². The van der Waals surface area contributed by atoms with Gasteiger partial charge in [0.1, 0.15) is 5.82 Å². The van der Waals surface area contributed by atoms with Gasteiger partial charge in [-0.3, -0.25) is 0 Å². The maximum absolute atomic E-state index is 8.49. The van der Waals surface area contributed by atoms with E-state index in [9.17, 15) is 0 Å². The fraction of sp³-hybridized carbons (Fsp3) is 0.125. The van der Waals surface area contributed by atoms with Crippen molar-refractivity contribution in [3.05, 3.63) is 84.7 Å². The summed E-state index contributed by atoms with van der Waals surface area (Å²) in [4.78, 5) is 5.29. The summed E-state index contributed by atoms with van der Waals surface area (Å²) in [5, 5.41) is 16.4. The molecule has 0 unspecified atom stereocenters. The molecular formula is C24H23N5S. The van der Waals surface area contributed by atoms with Crippen molar-refractivity contribution < 1.29 is 0 Å². The number of anilines is 2. The monoisotopic (exact) mass is 413 g/mol. The summed E-state index contributed by atoms with van der Waals surface area (Å²) < 4.78 is 1.91. The quantitative estimate of drug-likeness (QED) is 0.252. The zero-order chi connectivity index (χ0) is 20.9. The molecule has 0 aliphatic rings. The highest BCUT2D eigenvalue weighted by Gasteiger charge is 2.13. The molecule has 0 atom stereocenters. The number of nitrogens with zero attached hydrogens (tertiary/aromatic N) is 3. The van der Waals surface area contributed by atoms with Crippen LogP contribution >= 0.6 is 12.6 Å². The zero-order valence-corrected chi connectivity index (χ0v) is 17.6. The maximum Gasteiger partial charge on any atom is 0.130 e. The predicted octanol–water partition coefficient (Wildman–Crippen LogP) is 6.13. The molecule has 0 spiro atoms. The second-order valence-electron chi connectivity index (χ2n) is 6.97. The summed E-state index contributed by atoms with van der Waals surface area (Å²) >= 11 is 4.37. The second-order valence-corrected chi connectivity index (χ2v) is 7.49. The van der Waals surface area contributed by atoms with E-state index in [1.807, 2.05) is 65.3 Å². The molecule has 2 aromatic carbocycles. The number of thiol groups is 1. The Morgan fingerprint density at radius 1 is 1.03 bits per heavy atom. The Morgan fingerprint density at radius 3 is 2.60 bits per heavy atom. The van der Waals surface area contributed by atoms with Gasteiger partial charge < -0.3 is 10.7 Å². The van der Waals surface area contributed by atoms with Gasteiger partial charge in [-0.15, -0.1) is 12.6 Å². The molecule has 0 aliphatic carbocycles. The molecule has 0 saturated heterocycles. The summed E-state index contributed by atoms with van der Waals surface area (Å²) in [6.07, 6.45) is 5.20. The standard InChI is InChI=1S/C24H23N5S/c1-2-5-21(25)20-12-7-17(16-22(20)28-24-6-3-4-14-26-24)23-13-15-27-29(23)18-8-10-19(30)11-9-18/h3-4,6-16,25,30H,2,5H2,1H3,(H,26,28). The average molecular weight is 414 g/mol. The van der Waals surface area contributed by atoms with E-state index in [0.29, 0.717) is 5.71 Å². The molecule has 0 radical (unpaired) electrons. The van der Waals surface area contributed by atoms with Crippen LogP contribution in [0.25, 0.3) is 16.9 Å². The average Bonchev–Trinajstić information content (AvgIpc) is 3.25. The highest BCUT2D eigenvalue weighted by atomic mass is 32.1. The molecule has 30 heavy (non-hydrogen) atoms. The smallest absolute Gasteiger partial charge is 0.130 e. The van der Waals surface area contributed by atoms with Gasteiger partial charge >= 0.3 is 0 Å². The molecule has 150 valence electrons. The van der Waals surface area contributed by atoms with Crippen molar-refractivity contribution in [1.82, 2.24) is 14.8 Å². The second kappa shape index (κ2) is 8.97. The summed E-state index contributed by atoms with van der Waals surface area (Å²) in [6, 6.07) is 21.8. The first kappa shape index (κ1) is 19.9. The summed E-state index contributed by atoms with van der Waals surface area (Å²) in [7, 11) is 0. The SMILES string of the molecule is CCCC(=N)c1ccc(-c2ccnn2-c2ccc(S)cc2)cc1Nc1ccccn1. The fourth-order valence-corrected chi connectivity index (χ4v) is 3.50. The van der Waals surface area contributed by atoms with Crippen molar-refractivity contribution >= 4 is 29.8 Å². The largest absolute Gasteiger partial charge is 0.340 e. The lowest BCUT2D eigenvalue weighted by Crippen LogP contribution is -2.05. The molecule has 2 aromatic heterocycles. The van der Waals surface area contributed by atoms with E-state index in [4.69, 9.17) is 5.41 Å². The van der Waals surface area contributed by atoms with Crippen LogP contribution < -0.4 is 5.32 Å². The molecular weight excluding hydrogens is 390 g/mol. The van der Waals surface area contributed by atoms with Gasteiger partial charge in [0.15, 0.2) is 0 Å². The molecule has 5 nitrogen and oxygen atoms in total. The van der Waals surface area contributed by atoms with Crippen molar-refractivity contribution in [3.8, 4) is 16.9 Å². The highest BCUT2D eigenvalue weighted by Crippen LogP contribution is 2.30. The highest BCUT2D eigenvalue weighted by molar-refractivity contribution is 7.80. The fourth-order valence-electron chi connectivity index (χ4n) is 3.35. The van der Waals surface area contributed by atoms with Crippen molar-refractivity contribution in [2.24, 2.45) is 0 Å². The molecule has 0 aliphatic heterocycles. The molecule has 2 N–H and O–H groups in total. The minimum atomic E-state index is 0.611. The van der Waals surface area contributed by atoms with E-state index in [2.05, 4.69) is 41.0 Å². The first-order chi connectivity index (χ1) is 14.7. The number of hydrogen-bond acceptors (Lipinski definition) is 5. The zero-order valence-electron chi connectivity index (χ0n) is 16.7. The Labute approximate surface area is 181 Å². The maximum atomic E-state index is 8.49. The number of rotatable bonds is 7. The molecule has 6 heteroatoms. The Balaban J connectivity index is 1.77. The van der Waals surface area contributed by atoms with Gasteiger partial charge in [0.2, 0.25) is 0 Å². The van der Waals surface area contributed by atoms with Crippen LogP contribution in [0.2, 0.25) is 0 Å².